The fourth-order valence-electron chi connectivity index (χ4n) is 6.91. The molecule has 0 aliphatic carbocycles. The maximum atomic E-state index is 14.4. The molecule has 7 atom stereocenters. The molecule has 18 heteroatoms. The van der Waals surface area contributed by atoms with Gasteiger partial charge in [-0.05, 0) is 88.5 Å². The van der Waals surface area contributed by atoms with Gasteiger partial charge in [0.25, 0.3) is 0 Å². The van der Waals surface area contributed by atoms with Crippen LogP contribution in [0.2, 0.25) is 0 Å². The van der Waals surface area contributed by atoms with Crippen molar-refractivity contribution in [3.05, 3.63) is 102 Å². The summed E-state index contributed by atoms with van der Waals surface area (Å²) in [5.74, 6) is -4.26. The van der Waals surface area contributed by atoms with E-state index in [9.17, 15) is 38.4 Å². The monoisotopic (exact) mass is 987 g/mol. The summed E-state index contributed by atoms with van der Waals surface area (Å²) < 4.78 is 21.8. The van der Waals surface area contributed by atoms with Crippen molar-refractivity contribution in [2.24, 2.45) is 11.8 Å². The quantitative estimate of drug-likeness (QED) is 0.0259. The van der Waals surface area contributed by atoms with Crippen molar-refractivity contribution in [2.75, 3.05) is 13.2 Å². The third-order valence-electron chi connectivity index (χ3n) is 11.4. The summed E-state index contributed by atoms with van der Waals surface area (Å²) in [7, 11) is 0. The van der Waals surface area contributed by atoms with Gasteiger partial charge in [0.15, 0.2) is 5.78 Å². The molecule has 0 bridgehead atoms. The molecule has 0 radical (unpaired) electrons. The number of Topliss-reactive ketones (excluding diaryl/α,β-unsaturated/α-hetero) is 1. The van der Waals surface area contributed by atoms with Crippen molar-refractivity contribution in [2.45, 2.75) is 149 Å². The van der Waals surface area contributed by atoms with E-state index in [1.165, 1.54) is 6.92 Å². The Kier molecular flexibility index (Phi) is 25.1. The fourth-order valence-corrected chi connectivity index (χ4v) is 6.91. The van der Waals surface area contributed by atoms with Crippen LogP contribution in [0, 0.1) is 11.8 Å². The molecule has 0 spiro atoms. The van der Waals surface area contributed by atoms with Gasteiger partial charge in [-0.2, -0.15) is 0 Å². The molecule has 0 aromatic heterocycles. The zero-order chi connectivity index (χ0) is 52.3. The van der Waals surface area contributed by atoms with E-state index in [4.69, 9.17) is 18.9 Å². The highest BCUT2D eigenvalue weighted by atomic mass is 16.6. The number of benzene rings is 3. The molecule has 0 saturated carbocycles. The molecular formula is C53H74N6O12. The number of amides is 6. The van der Waals surface area contributed by atoms with Crippen molar-refractivity contribution in [3.63, 3.8) is 0 Å². The summed E-state index contributed by atoms with van der Waals surface area (Å²) in [5, 5.41) is 16.1. The molecule has 3 aromatic rings. The molecule has 18 nitrogen and oxygen atoms in total. The number of unbranched alkanes of at least 4 members (excludes halogenated alkanes) is 1. The summed E-state index contributed by atoms with van der Waals surface area (Å²) in [6.45, 7) is 13.6. The highest BCUT2D eigenvalue weighted by molar-refractivity contribution is 5.96. The van der Waals surface area contributed by atoms with Gasteiger partial charge in [0.05, 0.1) is 6.04 Å². The second kappa shape index (κ2) is 30.6. The van der Waals surface area contributed by atoms with E-state index in [-0.39, 0.29) is 63.7 Å². The van der Waals surface area contributed by atoms with Crippen molar-refractivity contribution >= 4 is 47.6 Å². The Morgan fingerprint density at radius 3 is 1.65 bits per heavy atom. The Hall–Kier alpha value is -6.98. The van der Waals surface area contributed by atoms with Crippen LogP contribution in [0.25, 0.3) is 0 Å². The molecule has 0 unspecified atom stereocenters. The van der Waals surface area contributed by atoms with Gasteiger partial charge in [-0.15, -0.1) is 0 Å². The second-order valence-corrected chi connectivity index (χ2v) is 18.5. The minimum absolute atomic E-state index is 0.0171. The molecule has 71 heavy (non-hydrogen) atoms. The van der Waals surface area contributed by atoms with E-state index in [1.54, 1.807) is 76.2 Å². The molecule has 6 amide bonds. The normalized spacial score (nSPS) is 14.0. The van der Waals surface area contributed by atoms with Crippen LogP contribution in [0.1, 0.15) is 111 Å². The maximum absolute atomic E-state index is 14.4. The number of hydrogen-bond donors (Lipinski definition) is 6. The Labute approximate surface area is 417 Å². The first-order valence-electron chi connectivity index (χ1n) is 24.4. The Morgan fingerprint density at radius 1 is 0.549 bits per heavy atom. The fraction of sp³-hybridized carbons (Fsp3) is 0.509. The number of para-hydroxylation sites is 1. The molecule has 0 fully saturated rings. The zero-order valence-corrected chi connectivity index (χ0v) is 42.4. The summed E-state index contributed by atoms with van der Waals surface area (Å²) in [6.07, 6.45) is -0.390. The van der Waals surface area contributed by atoms with Crippen LogP contribution in [-0.2, 0) is 56.2 Å². The third-order valence-corrected chi connectivity index (χ3v) is 11.4. The van der Waals surface area contributed by atoms with Gasteiger partial charge in [0.1, 0.15) is 55.3 Å². The number of rotatable bonds is 29. The lowest BCUT2D eigenvalue weighted by molar-refractivity contribution is -0.145. The zero-order valence-electron chi connectivity index (χ0n) is 42.4. The van der Waals surface area contributed by atoms with E-state index in [0.717, 1.165) is 11.1 Å². The molecule has 0 aliphatic heterocycles. The van der Waals surface area contributed by atoms with Crippen LogP contribution >= 0.6 is 0 Å². The van der Waals surface area contributed by atoms with E-state index < -0.39 is 83.5 Å². The van der Waals surface area contributed by atoms with Crippen LogP contribution in [0.3, 0.4) is 0 Å². The van der Waals surface area contributed by atoms with Gasteiger partial charge in [-0.1, -0.05) is 119 Å². The number of carbonyl (C=O) groups excluding carboxylic acids is 8. The van der Waals surface area contributed by atoms with Crippen molar-refractivity contribution in [1.82, 2.24) is 31.9 Å². The molecule has 0 saturated heterocycles. The molecule has 388 valence electrons. The molecule has 0 heterocycles. The van der Waals surface area contributed by atoms with Gasteiger partial charge in [-0.3, -0.25) is 28.8 Å². The van der Waals surface area contributed by atoms with Crippen LogP contribution in [-0.4, -0.2) is 96.5 Å². The molecule has 6 N–H and O–H groups in total. The lowest BCUT2D eigenvalue weighted by Crippen LogP contribution is -2.59. The Morgan fingerprint density at radius 2 is 1.07 bits per heavy atom. The predicted octanol–water partition coefficient (Wildman–Crippen LogP) is 6.20. The number of alkyl carbamates (subject to hydrolysis) is 2. The van der Waals surface area contributed by atoms with E-state index in [2.05, 4.69) is 31.9 Å². The largest absolute Gasteiger partial charge is 0.486 e. The van der Waals surface area contributed by atoms with E-state index in [1.807, 2.05) is 63.2 Å². The summed E-state index contributed by atoms with van der Waals surface area (Å²) >= 11 is 0. The molecule has 0 aliphatic rings. The summed E-state index contributed by atoms with van der Waals surface area (Å²) in [6, 6.07) is 20.9. The van der Waals surface area contributed by atoms with E-state index >= 15 is 0 Å². The molecule has 3 aromatic carbocycles. The first kappa shape index (κ1) is 58.3. The number of hydrogen-bond acceptors (Lipinski definition) is 12. The lowest BCUT2D eigenvalue weighted by Gasteiger charge is -2.29. The number of ether oxygens (including phenoxy) is 4. The highest BCUT2D eigenvalue weighted by Crippen LogP contribution is 2.15. The standard InChI is InChI=1S/C53H74N6O12/c1-9-35(3)45(43(60)34-68-40-26-18-13-19-27-40)58-47(62)37(5)55-48(63)42(29-30-44(61)69-32-38-22-14-11-15-23-38)56-49(64)41(28-20-21-31-54-51(66)70-33-39-24-16-12-17-25-39)57-50(65)46(36(4)10-2)59-52(67)71-53(6,7)8/h11-19,22-27,35-37,41-42,45-46H,9-10,20-21,28-34H2,1-8H3,(H,54,66)(H,55,63)(H,56,64)(H,57,65)(H,58,62)(H,59,67)/t35-,36-,37+,41+,42+,45+,46+/m0/s1. The third kappa shape index (κ3) is 22.5. The Balaban J connectivity index is 1.83. The molecular weight excluding hydrogens is 913 g/mol. The summed E-state index contributed by atoms with van der Waals surface area (Å²) in [4.78, 5) is 108. The number of ketones is 1. The van der Waals surface area contributed by atoms with Crippen LogP contribution < -0.4 is 36.6 Å². The maximum Gasteiger partial charge on any atom is 0.408 e. The van der Waals surface area contributed by atoms with Crippen LogP contribution in [0.4, 0.5) is 9.59 Å². The topological polar surface area (TPSA) is 246 Å². The average Bonchev–Trinajstić information content (AvgIpc) is 3.35. The number of esters is 1. The first-order chi connectivity index (χ1) is 33.8. The van der Waals surface area contributed by atoms with Gasteiger partial charge < -0.3 is 50.8 Å². The molecule has 3 rings (SSSR count). The Bertz CT molecular complexity index is 2150. The van der Waals surface area contributed by atoms with Crippen molar-refractivity contribution in [1.29, 1.82) is 0 Å². The van der Waals surface area contributed by atoms with Gasteiger partial charge in [0, 0.05) is 13.0 Å². The van der Waals surface area contributed by atoms with Crippen molar-refractivity contribution in [3.8, 4) is 5.75 Å². The first-order valence-corrected chi connectivity index (χ1v) is 24.4. The van der Waals surface area contributed by atoms with Gasteiger partial charge >= 0.3 is 18.2 Å². The minimum atomic E-state index is -1.43. The van der Waals surface area contributed by atoms with Crippen LogP contribution in [0.15, 0.2) is 91.0 Å². The van der Waals surface area contributed by atoms with Crippen LogP contribution in [0.5, 0.6) is 5.75 Å². The number of nitrogens with one attached hydrogen (secondary N) is 6. The van der Waals surface area contributed by atoms with Gasteiger partial charge in [-0.25, -0.2) is 9.59 Å². The average molecular weight is 987 g/mol. The van der Waals surface area contributed by atoms with E-state index in [0.29, 0.717) is 25.0 Å². The second-order valence-electron chi connectivity index (χ2n) is 18.5. The van der Waals surface area contributed by atoms with Gasteiger partial charge in [0.2, 0.25) is 23.6 Å². The highest BCUT2D eigenvalue weighted by Gasteiger charge is 2.34. The lowest BCUT2D eigenvalue weighted by atomic mass is 9.95. The number of carbonyl (C=O) groups is 8. The predicted molar refractivity (Wildman–Crippen MR) is 266 cm³/mol. The van der Waals surface area contributed by atoms with Crippen molar-refractivity contribution < 1.29 is 57.3 Å². The SMILES string of the molecule is CC[C@H](C)[C@@H](NC(=O)[C@@H](C)NC(=O)[C@@H](CCC(=O)OCc1ccccc1)NC(=O)[C@@H](CCCCNC(=O)OCc1ccccc1)NC(=O)[C@H](NC(=O)OC(C)(C)C)[C@@H](C)CC)C(=O)COc1ccccc1. The smallest absolute Gasteiger partial charge is 0.408 e. The minimum Gasteiger partial charge on any atom is -0.486 e. The summed E-state index contributed by atoms with van der Waals surface area (Å²) in [5.41, 5.74) is 0.682.